The van der Waals surface area contributed by atoms with Crippen LogP contribution >= 0.6 is 22.9 Å². The normalized spacial score (nSPS) is 10.8. The number of carbonyl (C=O) groups excluding carboxylic acids is 1. The van der Waals surface area contributed by atoms with Gasteiger partial charge in [-0.05, 0) is 19.1 Å². The van der Waals surface area contributed by atoms with Crippen LogP contribution in [0.25, 0.3) is 11.3 Å². The molecule has 1 aromatic carbocycles. The molecule has 0 saturated heterocycles. The van der Waals surface area contributed by atoms with Crippen LogP contribution in [0.5, 0.6) is 0 Å². The van der Waals surface area contributed by atoms with Gasteiger partial charge in [0.1, 0.15) is 11.5 Å². The van der Waals surface area contributed by atoms with Gasteiger partial charge < -0.3 is 4.52 Å². The maximum absolute atomic E-state index is 12.0. The predicted molar refractivity (Wildman–Crippen MR) is 88.7 cm³/mol. The summed E-state index contributed by atoms with van der Waals surface area (Å²) >= 11 is 7.15. The lowest BCUT2D eigenvalue weighted by Gasteiger charge is -1.95. The van der Waals surface area contributed by atoms with E-state index in [4.69, 9.17) is 16.1 Å². The molecule has 2 heterocycles. The molecule has 3 nitrogen and oxygen atoms in total. The summed E-state index contributed by atoms with van der Waals surface area (Å²) in [6.45, 7) is 2.04. The van der Waals surface area contributed by atoms with Crippen molar-refractivity contribution in [1.29, 1.82) is 0 Å². The number of carbonyl (C=O) groups is 1. The van der Waals surface area contributed by atoms with Gasteiger partial charge in [0.2, 0.25) is 0 Å². The van der Waals surface area contributed by atoms with Crippen LogP contribution in [0, 0.1) is 6.92 Å². The average Bonchev–Trinajstić information content (AvgIpc) is 3.15. The SMILES string of the molecule is Cc1ccc(-c2cc(CCC(=O)c3ccc(Cl)s3)on2)cc1. The molecule has 0 aliphatic carbocycles. The molecule has 112 valence electrons. The van der Waals surface area contributed by atoms with Crippen molar-refractivity contribution in [2.45, 2.75) is 19.8 Å². The van der Waals surface area contributed by atoms with Crippen LogP contribution in [-0.4, -0.2) is 10.9 Å². The van der Waals surface area contributed by atoms with Gasteiger partial charge in [0.15, 0.2) is 5.78 Å². The van der Waals surface area contributed by atoms with E-state index in [1.807, 2.05) is 37.3 Å². The summed E-state index contributed by atoms with van der Waals surface area (Å²) in [5, 5.41) is 4.07. The van der Waals surface area contributed by atoms with Gasteiger partial charge in [-0.15, -0.1) is 11.3 Å². The number of hydrogen-bond acceptors (Lipinski definition) is 4. The van der Waals surface area contributed by atoms with Crippen molar-refractivity contribution < 1.29 is 9.32 Å². The second-order valence-electron chi connectivity index (χ2n) is 5.07. The Balaban J connectivity index is 1.64. The van der Waals surface area contributed by atoms with Crippen molar-refractivity contribution in [2.75, 3.05) is 0 Å². The maximum atomic E-state index is 12.0. The van der Waals surface area contributed by atoms with Crippen molar-refractivity contribution in [1.82, 2.24) is 5.16 Å². The van der Waals surface area contributed by atoms with Gasteiger partial charge in [-0.25, -0.2) is 0 Å². The number of rotatable bonds is 5. The number of hydrogen-bond donors (Lipinski definition) is 0. The molecule has 3 rings (SSSR count). The Morgan fingerprint density at radius 3 is 2.68 bits per heavy atom. The summed E-state index contributed by atoms with van der Waals surface area (Å²) in [7, 11) is 0. The van der Waals surface area contributed by atoms with Crippen LogP contribution in [0.3, 0.4) is 0 Å². The minimum absolute atomic E-state index is 0.0742. The van der Waals surface area contributed by atoms with E-state index in [9.17, 15) is 4.79 Å². The molecule has 0 N–H and O–H groups in total. The van der Waals surface area contributed by atoms with Gasteiger partial charge in [0, 0.05) is 24.5 Å². The maximum Gasteiger partial charge on any atom is 0.173 e. The zero-order valence-corrected chi connectivity index (χ0v) is 13.6. The zero-order valence-electron chi connectivity index (χ0n) is 12.0. The Bertz CT molecular complexity index is 789. The zero-order chi connectivity index (χ0) is 15.5. The number of benzene rings is 1. The summed E-state index contributed by atoms with van der Waals surface area (Å²) in [6.07, 6.45) is 0.923. The Morgan fingerprint density at radius 1 is 1.23 bits per heavy atom. The largest absolute Gasteiger partial charge is 0.361 e. The van der Waals surface area contributed by atoms with Crippen LogP contribution in [0.2, 0.25) is 4.34 Å². The molecule has 0 aliphatic rings. The first kappa shape index (κ1) is 15.0. The number of halogens is 1. The van der Waals surface area contributed by atoms with E-state index in [0.29, 0.717) is 27.8 Å². The lowest BCUT2D eigenvalue weighted by molar-refractivity contribution is 0.0984. The molecule has 2 aromatic heterocycles. The second kappa shape index (κ2) is 6.46. The number of nitrogens with zero attached hydrogens (tertiary/aromatic N) is 1. The number of aryl methyl sites for hydroxylation is 2. The monoisotopic (exact) mass is 331 g/mol. The number of ketones is 1. The van der Waals surface area contributed by atoms with E-state index in [-0.39, 0.29) is 5.78 Å². The number of Topliss-reactive ketones (excluding diaryl/α,β-unsaturated/α-hetero) is 1. The van der Waals surface area contributed by atoms with E-state index in [0.717, 1.165) is 11.3 Å². The fourth-order valence-electron chi connectivity index (χ4n) is 2.12. The molecule has 0 amide bonds. The van der Waals surface area contributed by atoms with Crippen LogP contribution in [0.1, 0.15) is 27.4 Å². The molecule has 22 heavy (non-hydrogen) atoms. The lowest BCUT2D eigenvalue weighted by atomic mass is 10.1. The molecule has 0 radical (unpaired) electrons. The van der Waals surface area contributed by atoms with E-state index in [1.54, 1.807) is 12.1 Å². The topological polar surface area (TPSA) is 43.1 Å². The van der Waals surface area contributed by atoms with Crippen LogP contribution < -0.4 is 0 Å². The van der Waals surface area contributed by atoms with Crippen LogP contribution in [-0.2, 0) is 6.42 Å². The van der Waals surface area contributed by atoms with Gasteiger partial charge >= 0.3 is 0 Å². The van der Waals surface area contributed by atoms with Gasteiger partial charge in [0.25, 0.3) is 0 Å². The molecule has 0 bridgehead atoms. The smallest absolute Gasteiger partial charge is 0.173 e. The number of aromatic nitrogens is 1. The van der Waals surface area contributed by atoms with Gasteiger partial charge in [0.05, 0.1) is 9.21 Å². The van der Waals surface area contributed by atoms with Gasteiger partial charge in [-0.2, -0.15) is 0 Å². The third-order valence-corrected chi connectivity index (χ3v) is 4.62. The van der Waals surface area contributed by atoms with Crippen LogP contribution in [0.15, 0.2) is 47.0 Å². The van der Waals surface area contributed by atoms with Crippen LogP contribution in [0.4, 0.5) is 0 Å². The van der Waals surface area contributed by atoms with Gasteiger partial charge in [-0.1, -0.05) is 46.6 Å². The third-order valence-electron chi connectivity index (χ3n) is 3.35. The first-order valence-electron chi connectivity index (χ1n) is 6.93. The van der Waals surface area contributed by atoms with Crippen molar-refractivity contribution in [3.8, 4) is 11.3 Å². The standard InChI is InChI=1S/C17H14ClNO2S/c1-11-2-4-12(5-3-11)14-10-13(21-19-14)6-7-15(20)16-8-9-17(18)22-16/h2-5,8-10H,6-7H2,1H3. The minimum Gasteiger partial charge on any atom is -0.361 e. The van der Waals surface area contributed by atoms with E-state index in [2.05, 4.69) is 5.16 Å². The molecule has 0 atom stereocenters. The fraction of sp³-hybridized carbons (Fsp3) is 0.176. The summed E-state index contributed by atoms with van der Waals surface area (Å²) in [6, 6.07) is 13.5. The molecular weight excluding hydrogens is 318 g/mol. The third kappa shape index (κ3) is 3.46. The highest BCUT2D eigenvalue weighted by atomic mass is 35.5. The fourth-order valence-corrected chi connectivity index (χ4v) is 3.13. The summed E-state index contributed by atoms with van der Waals surface area (Å²) in [4.78, 5) is 12.7. The van der Waals surface area contributed by atoms with E-state index < -0.39 is 0 Å². The van der Waals surface area contributed by atoms with E-state index >= 15 is 0 Å². The quantitative estimate of drug-likeness (QED) is 0.605. The summed E-state index contributed by atoms with van der Waals surface area (Å²) in [5.74, 6) is 0.789. The molecule has 0 fully saturated rings. The summed E-state index contributed by atoms with van der Waals surface area (Å²) < 4.78 is 5.95. The molecule has 5 heteroatoms. The Hall–Kier alpha value is -1.91. The number of thiophene rings is 1. The van der Waals surface area contributed by atoms with Crippen molar-refractivity contribution >= 4 is 28.7 Å². The Morgan fingerprint density at radius 2 is 2.00 bits per heavy atom. The molecule has 3 aromatic rings. The highest BCUT2D eigenvalue weighted by molar-refractivity contribution is 7.18. The van der Waals surface area contributed by atoms with E-state index in [1.165, 1.54) is 16.9 Å². The highest BCUT2D eigenvalue weighted by Gasteiger charge is 2.12. The minimum atomic E-state index is 0.0742. The van der Waals surface area contributed by atoms with Crippen molar-refractivity contribution in [2.24, 2.45) is 0 Å². The first-order chi connectivity index (χ1) is 10.6. The second-order valence-corrected chi connectivity index (χ2v) is 6.79. The first-order valence-corrected chi connectivity index (χ1v) is 8.12. The molecule has 0 spiro atoms. The van der Waals surface area contributed by atoms with Crippen molar-refractivity contribution in [3.05, 3.63) is 63.0 Å². The lowest BCUT2D eigenvalue weighted by Crippen LogP contribution is -1.97. The molecule has 0 unspecified atom stereocenters. The molecular formula is C17H14ClNO2S. The Kier molecular flexibility index (Phi) is 4.41. The predicted octanol–water partition coefficient (Wildman–Crippen LogP) is 5.18. The van der Waals surface area contributed by atoms with Crippen molar-refractivity contribution in [3.63, 3.8) is 0 Å². The van der Waals surface area contributed by atoms with Gasteiger partial charge in [-0.3, -0.25) is 4.79 Å². The summed E-state index contributed by atoms with van der Waals surface area (Å²) in [5.41, 5.74) is 3.01. The highest BCUT2D eigenvalue weighted by Crippen LogP contribution is 2.24. The Labute approximate surface area is 137 Å². The average molecular weight is 332 g/mol. The molecule has 0 saturated carbocycles. The molecule has 0 aliphatic heterocycles.